The van der Waals surface area contributed by atoms with Crippen molar-refractivity contribution in [2.45, 2.75) is 32.1 Å². The van der Waals surface area contributed by atoms with E-state index in [1.165, 1.54) is 6.42 Å². The van der Waals surface area contributed by atoms with Crippen LogP contribution in [0, 0.1) is 0 Å². The van der Waals surface area contributed by atoms with Gasteiger partial charge in [-0.05, 0) is 43.7 Å². The molecule has 30 heavy (non-hydrogen) atoms. The summed E-state index contributed by atoms with van der Waals surface area (Å²) in [6.45, 7) is 1.88. The SMILES string of the molecule is NC(=Nc1cc(CCc2cccc(C(=O)c3ccccc3)c2)no1)N1CCCCC1. The third-order valence-electron chi connectivity index (χ3n) is 5.35. The van der Waals surface area contributed by atoms with E-state index in [-0.39, 0.29) is 5.78 Å². The number of aryl methyl sites for hydroxylation is 2. The van der Waals surface area contributed by atoms with E-state index in [0.717, 1.165) is 43.6 Å². The molecular formula is C24H26N4O2. The molecule has 0 amide bonds. The number of ketones is 1. The lowest BCUT2D eigenvalue weighted by molar-refractivity contribution is 0.103. The number of rotatable bonds is 6. The zero-order chi connectivity index (χ0) is 20.8. The van der Waals surface area contributed by atoms with E-state index in [0.29, 0.717) is 29.4 Å². The average molecular weight is 402 g/mol. The number of guanidine groups is 1. The van der Waals surface area contributed by atoms with Gasteiger partial charge in [0.1, 0.15) is 0 Å². The Morgan fingerprint density at radius 2 is 1.73 bits per heavy atom. The predicted molar refractivity (Wildman–Crippen MR) is 117 cm³/mol. The summed E-state index contributed by atoms with van der Waals surface area (Å²) in [5.74, 6) is 0.953. The molecule has 2 aromatic carbocycles. The van der Waals surface area contributed by atoms with Gasteiger partial charge < -0.3 is 15.2 Å². The van der Waals surface area contributed by atoms with E-state index >= 15 is 0 Å². The monoisotopic (exact) mass is 402 g/mol. The number of aromatic nitrogens is 1. The summed E-state index contributed by atoms with van der Waals surface area (Å²) in [6.07, 6.45) is 4.99. The van der Waals surface area contributed by atoms with Gasteiger partial charge in [-0.15, -0.1) is 0 Å². The first-order valence-electron chi connectivity index (χ1n) is 10.4. The molecule has 0 saturated carbocycles. The van der Waals surface area contributed by atoms with Gasteiger partial charge in [0.2, 0.25) is 0 Å². The fourth-order valence-electron chi connectivity index (χ4n) is 3.67. The van der Waals surface area contributed by atoms with Crippen molar-refractivity contribution in [2.24, 2.45) is 10.7 Å². The molecule has 1 aliphatic heterocycles. The summed E-state index contributed by atoms with van der Waals surface area (Å²) in [4.78, 5) is 19.1. The van der Waals surface area contributed by atoms with Gasteiger partial charge in [0.15, 0.2) is 11.7 Å². The highest BCUT2D eigenvalue weighted by molar-refractivity contribution is 6.09. The van der Waals surface area contributed by atoms with Crippen LogP contribution in [0.4, 0.5) is 5.88 Å². The lowest BCUT2D eigenvalue weighted by Gasteiger charge is -2.27. The van der Waals surface area contributed by atoms with Crippen molar-refractivity contribution in [3.8, 4) is 0 Å². The standard InChI is InChI=1S/C24H26N4O2/c25-24(28-14-5-2-6-15-28)26-22-17-21(27-30-22)13-12-18-8-7-11-20(16-18)23(29)19-9-3-1-4-10-19/h1,3-4,7-11,16-17H,2,5-6,12-15H2,(H2,25,26). The quantitative estimate of drug-likeness (QED) is 0.381. The van der Waals surface area contributed by atoms with E-state index < -0.39 is 0 Å². The second-order valence-electron chi connectivity index (χ2n) is 7.57. The first-order valence-corrected chi connectivity index (χ1v) is 10.4. The Balaban J connectivity index is 1.38. The number of aliphatic imine (C=N–C) groups is 1. The van der Waals surface area contributed by atoms with Crippen molar-refractivity contribution in [3.05, 3.63) is 83.0 Å². The second kappa shape index (κ2) is 9.39. The van der Waals surface area contributed by atoms with Gasteiger partial charge in [-0.3, -0.25) is 4.79 Å². The van der Waals surface area contributed by atoms with Crippen LogP contribution in [0.3, 0.4) is 0 Å². The molecule has 0 spiro atoms. The Morgan fingerprint density at radius 1 is 0.967 bits per heavy atom. The molecule has 3 aromatic rings. The van der Waals surface area contributed by atoms with Crippen LogP contribution >= 0.6 is 0 Å². The minimum Gasteiger partial charge on any atom is -0.369 e. The number of hydrogen-bond acceptors (Lipinski definition) is 4. The molecule has 0 aliphatic carbocycles. The van der Waals surface area contributed by atoms with Gasteiger partial charge in [-0.2, -0.15) is 4.99 Å². The molecule has 1 aromatic heterocycles. The molecule has 6 nitrogen and oxygen atoms in total. The van der Waals surface area contributed by atoms with Gasteiger partial charge in [0.25, 0.3) is 5.88 Å². The molecule has 6 heteroatoms. The number of nitrogens with two attached hydrogens (primary N) is 1. The minimum absolute atomic E-state index is 0.0312. The van der Waals surface area contributed by atoms with E-state index in [4.69, 9.17) is 10.3 Å². The zero-order valence-electron chi connectivity index (χ0n) is 17.0. The van der Waals surface area contributed by atoms with Crippen LogP contribution in [-0.4, -0.2) is 34.9 Å². The predicted octanol–water partition coefficient (Wildman–Crippen LogP) is 4.12. The maximum atomic E-state index is 12.7. The van der Waals surface area contributed by atoms with Crippen molar-refractivity contribution in [1.82, 2.24) is 10.1 Å². The maximum absolute atomic E-state index is 12.7. The van der Waals surface area contributed by atoms with Gasteiger partial charge in [-0.25, -0.2) is 0 Å². The van der Waals surface area contributed by atoms with Gasteiger partial charge in [0.05, 0.1) is 5.69 Å². The van der Waals surface area contributed by atoms with E-state index in [2.05, 4.69) is 15.0 Å². The zero-order valence-corrected chi connectivity index (χ0v) is 17.0. The minimum atomic E-state index is 0.0312. The molecule has 2 heterocycles. The van der Waals surface area contributed by atoms with Gasteiger partial charge in [-0.1, -0.05) is 53.7 Å². The number of piperidine rings is 1. The lowest BCUT2D eigenvalue weighted by atomic mass is 9.99. The fourth-order valence-corrected chi connectivity index (χ4v) is 3.67. The first-order chi connectivity index (χ1) is 14.7. The van der Waals surface area contributed by atoms with Crippen LogP contribution in [0.5, 0.6) is 0 Å². The van der Waals surface area contributed by atoms with E-state index in [1.807, 2.05) is 60.7 Å². The molecule has 2 N–H and O–H groups in total. The molecule has 1 fully saturated rings. The Hall–Kier alpha value is -3.41. The molecule has 1 saturated heterocycles. The number of benzene rings is 2. The van der Waals surface area contributed by atoms with Crippen molar-refractivity contribution in [2.75, 3.05) is 13.1 Å². The molecule has 154 valence electrons. The lowest BCUT2D eigenvalue weighted by Crippen LogP contribution is -2.40. The number of carbonyl (C=O) groups is 1. The number of nitrogens with zero attached hydrogens (tertiary/aromatic N) is 3. The van der Waals surface area contributed by atoms with Crippen LogP contribution in [0.2, 0.25) is 0 Å². The van der Waals surface area contributed by atoms with Crippen LogP contribution < -0.4 is 5.73 Å². The summed E-state index contributed by atoms with van der Waals surface area (Å²) in [5.41, 5.74) is 9.39. The number of likely N-dealkylation sites (tertiary alicyclic amines) is 1. The summed E-state index contributed by atoms with van der Waals surface area (Å²) in [6, 6.07) is 18.9. The largest absolute Gasteiger partial charge is 0.369 e. The normalized spacial score (nSPS) is 14.7. The third-order valence-corrected chi connectivity index (χ3v) is 5.35. The molecule has 0 atom stereocenters. The Kier molecular flexibility index (Phi) is 6.23. The first kappa shape index (κ1) is 19.9. The van der Waals surface area contributed by atoms with E-state index in [9.17, 15) is 4.79 Å². The summed E-state index contributed by atoms with van der Waals surface area (Å²) in [7, 11) is 0. The van der Waals surface area contributed by atoms with Crippen LogP contribution in [0.15, 0.2) is 70.2 Å². The third kappa shape index (κ3) is 4.95. The Morgan fingerprint density at radius 3 is 2.53 bits per heavy atom. The summed E-state index contributed by atoms with van der Waals surface area (Å²) in [5, 5.41) is 4.11. The molecule has 0 unspecified atom stereocenters. The smallest absolute Gasteiger partial charge is 0.253 e. The van der Waals surface area contributed by atoms with Crippen molar-refractivity contribution in [1.29, 1.82) is 0 Å². The maximum Gasteiger partial charge on any atom is 0.253 e. The van der Waals surface area contributed by atoms with Crippen LogP contribution in [-0.2, 0) is 12.8 Å². The van der Waals surface area contributed by atoms with E-state index in [1.54, 1.807) is 0 Å². The van der Waals surface area contributed by atoms with Crippen molar-refractivity contribution in [3.63, 3.8) is 0 Å². The highest BCUT2D eigenvalue weighted by atomic mass is 16.5. The molecular weight excluding hydrogens is 376 g/mol. The fraction of sp³-hybridized carbons (Fsp3) is 0.292. The molecule has 1 aliphatic rings. The molecule has 0 radical (unpaired) electrons. The summed E-state index contributed by atoms with van der Waals surface area (Å²) < 4.78 is 5.34. The highest BCUT2D eigenvalue weighted by Crippen LogP contribution is 2.18. The number of carbonyl (C=O) groups excluding carboxylic acids is 1. The van der Waals surface area contributed by atoms with Crippen molar-refractivity contribution >= 4 is 17.6 Å². The average Bonchev–Trinajstić information content (AvgIpc) is 3.26. The van der Waals surface area contributed by atoms with Crippen molar-refractivity contribution < 1.29 is 9.32 Å². The van der Waals surface area contributed by atoms with Crippen LogP contribution in [0.25, 0.3) is 0 Å². The Labute approximate surface area is 176 Å². The van der Waals surface area contributed by atoms with Crippen LogP contribution in [0.1, 0.15) is 46.4 Å². The molecule has 4 rings (SSSR count). The van der Waals surface area contributed by atoms with Gasteiger partial charge in [0, 0.05) is 30.3 Å². The number of hydrogen-bond donors (Lipinski definition) is 1. The highest BCUT2D eigenvalue weighted by Gasteiger charge is 2.14. The second-order valence-corrected chi connectivity index (χ2v) is 7.57. The topological polar surface area (TPSA) is 84.7 Å². The summed E-state index contributed by atoms with van der Waals surface area (Å²) >= 11 is 0. The Bertz CT molecular complexity index is 1020. The van der Waals surface area contributed by atoms with Gasteiger partial charge >= 0.3 is 0 Å². The molecule has 0 bridgehead atoms.